The Balaban J connectivity index is 2.07. The Morgan fingerprint density at radius 1 is 1.33 bits per heavy atom. The molecule has 0 saturated heterocycles. The van der Waals surface area contributed by atoms with E-state index < -0.39 is 5.82 Å². The van der Waals surface area contributed by atoms with Crippen LogP contribution in [0.3, 0.4) is 0 Å². The van der Waals surface area contributed by atoms with Gasteiger partial charge in [0.2, 0.25) is 0 Å². The Bertz CT molecular complexity index is 661. The highest BCUT2D eigenvalue weighted by molar-refractivity contribution is 9.10. The Kier molecular flexibility index (Phi) is 4.90. The predicted molar refractivity (Wildman–Crippen MR) is 83.8 cm³/mol. The maximum Gasteiger partial charge on any atom is 0.252 e. The lowest BCUT2D eigenvalue weighted by molar-refractivity contribution is 0.0949. The fourth-order valence-corrected chi connectivity index (χ4v) is 2.19. The van der Waals surface area contributed by atoms with Gasteiger partial charge in [0.1, 0.15) is 11.6 Å². The molecule has 4 nitrogen and oxygen atoms in total. The number of nitrogens with one attached hydrogen (secondary N) is 1. The maximum atomic E-state index is 13.2. The Morgan fingerprint density at radius 2 is 2.10 bits per heavy atom. The van der Waals surface area contributed by atoms with E-state index in [0.717, 1.165) is 11.4 Å². The predicted octanol–water partition coefficient (Wildman–Crippen LogP) is 2.98. The van der Waals surface area contributed by atoms with Crippen molar-refractivity contribution in [2.75, 3.05) is 19.0 Å². The molecule has 0 radical (unpaired) electrons. The zero-order valence-corrected chi connectivity index (χ0v) is 13.3. The molecular formula is C15H15BrFN3O. The lowest BCUT2D eigenvalue weighted by atomic mass is 10.2. The molecule has 1 amide bonds. The van der Waals surface area contributed by atoms with Gasteiger partial charge in [0.05, 0.1) is 5.56 Å². The monoisotopic (exact) mass is 351 g/mol. The van der Waals surface area contributed by atoms with E-state index in [1.165, 1.54) is 18.2 Å². The standard InChI is InChI=1S/C15H15BrFN3O/c1-20(2)14-7-10(5-6-18-14)9-19-15(21)12-8-11(17)3-4-13(12)16/h3-8H,9H2,1-2H3,(H,19,21). The van der Waals surface area contributed by atoms with E-state index in [2.05, 4.69) is 26.2 Å². The number of rotatable bonds is 4. The zero-order chi connectivity index (χ0) is 15.4. The number of carbonyl (C=O) groups is 1. The van der Waals surface area contributed by atoms with Crippen molar-refractivity contribution in [3.8, 4) is 0 Å². The Labute approximate surface area is 131 Å². The maximum absolute atomic E-state index is 13.2. The number of amides is 1. The van der Waals surface area contributed by atoms with E-state index in [9.17, 15) is 9.18 Å². The number of pyridine rings is 1. The first-order chi connectivity index (χ1) is 9.97. The summed E-state index contributed by atoms with van der Waals surface area (Å²) in [6, 6.07) is 7.74. The molecule has 0 aliphatic heterocycles. The first-order valence-corrected chi connectivity index (χ1v) is 7.12. The molecule has 1 N–H and O–H groups in total. The van der Waals surface area contributed by atoms with Gasteiger partial charge < -0.3 is 10.2 Å². The molecule has 0 spiro atoms. The molecule has 110 valence electrons. The molecule has 0 bridgehead atoms. The van der Waals surface area contributed by atoms with Crippen LogP contribution >= 0.6 is 15.9 Å². The molecule has 0 atom stereocenters. The van der Waals surface area contributed by atoms with E-state index in [-0.39, 0.29) is 11.5 Å². The quantitative estimate of drug-likeness (QED) is 0.920. The topological polar surface area (TPSA) is 45.2 Å². The number of carbonyl (C=O) groups excluding carboxylic acids is 1. The highest BCUT2D eigenvalue weighted by atomic mass is 79.9. The van der Waals surface area contributed by atoms with Crippen LogP contribution in [0.25, 0.3) is 0 Å². The van der Waals surface area contributed by atoms with Crippen LogP contribution in [-0.2, 0) is 6.54 Å². The number of halogens is 2. The van der Waals surface area contributed by atoms with Gasteiger partial charge in [0.15, 0.2) is 0 Å². The summed E-state index contributed by atoms with van der Waals surface area (Å²) in [6.07, 6.45) is 1.69. The Morgan fingerprint density at radius 3 is 2.81 bits per heavy atom. The molecule has 1 aromatic heterocycles. The van der Waals surface area contributed by atoms with Crippen LogP contribution in [0.15, 0.2) is 41.0 Å². The van der Waals surface area contributed by atoms with Crippen molar-refractivity contribution in [1.29, 1.82) is 0 Å². The summed E-state index contributed by atoms with van der Waals surface area (Å²) >= 11 is 3.24. The van der Waals surface area contributed by atoms with Crippen LogP contribution in [-0.4, -0.2) is 25.0 Å². The van der Waals surface area contributed by atoms with Gasteiger partial charge in [-0.15, -0.1) is 0 Å². The molecule has 6 heteroatoms. The van der Waals surface area contributed by atoms with E-state index >= 15 is 0 Å². The van der Waals surface area contributed by atoms with Crippen molar-refractivity contribution >= 4 is 27.7 Å². The summed E-state index contributed by atoms with van der Waals surface area (Å²) in [5.41, 5.74) is 1.20. The summed E-state index contributed by atoms with van der Waals surface area (Å²) in [7, 11) is 3.79. The molecule has 0 aliphatic carbocycles. The van der Waals surface area contributed by atoms with Gasteiger partial charge in [-0.05, 0) is 51.8 Å². The molecular weight excluding hydrogens is 337 g/mol. The molecule has 0 fully saturated rings. The molecule has 0 unspecified atom stereocenters. The fraction of sp³-hybridized carbons (Fsp3) is 0.200. The SMILES string of the molecule is CN(C)c1cc(CNC(=O)c2cc(F)ccc2Br)ccn1. The fourth-order valence-electron chi connectivity index (χ4n) is 1.76. The molecule has 2 rings (SSSR count). The van der Waals surface area contributed by atoms with Gasteiger partial charge in [-0.25, -0.2) is 9.37 Å². The van der Waals surface area contributed by atoms with Crippen molar-refractivity contribution in [3.05, 3.63) is 57.9 Å². The minimum absolute atomic E-state index is 0.275. The first-order valence-electron chi connectivity index (χ1n) is 6.33. The lowest BCUT2D eigenvalue weighted by Crippen LogP contribution is -2.23. The normalized spacial score (nSPS) is 10.3. The number of benzene rings is 1. The van der Waals surface area contributed by atoms with Crippen molar-refractivity contribution in [2.45, 2.75) is 6.54 Å². The second-order valence-electron chi connectivity index (χ2n) is 4.72. The van der Waals surface area contributed by atoms with E-state index in [1.54, 1.807) is 6.20 Å². The third kappa shape index (κ3) is 4.01. The number of aromatic nitrogens is 1. The van der Waals surface area contributed by atoms with E-state index in [4.69, 9.17) is 0 Å². The summed E-state index contributed by atoms with van der Waals surface area (Å²) < 4.78 is 13.8. The number of hydrogen-bond donors (Lipinski definition) is 1. The minimum atomic E-state index is -0.442. The van der Waals surface area contributed by atoms with Crippen LogP contribution in [0.2, 0.25) is 0 Å². The smallest absolute Gasteiger partial charge is 0.252 e. The van der Waals surface area contributed by atoms with Crippen LogP contribution in [0.4, 0.5) is 10.2 Å². The van der Waals surface area contributed by atoms with E-state index in [1.807, 2.05) is 31.1 Å². The number of anilines is 1. The van der Waals surface area contributed by atoms with Crippen molar-refractivity contribution in [1.82, 2.24) is 10.3 Å². The van der Waals surface area contributed by atoms with Crippen molar-refractivity contribution in [3.63, 3.8) is 0 Å². The summed E-state index contributed by atoms with van der Waals surface area (Å²) in [5.74, 6) is 0.0421. The number of hydrogen-bond acceptors (Lipinski definition) is 3. The highest BCUT2D eigenvalue weighted by Crippen LogP contribution is 2.18. The largest absolute Gasteiger partial charge is 0.363 e. The van der Waals surface area contributed by atoms with Crippen molar-refractivity contribution in [2.24, 2.45) is 0 Å². The summed E-state index contributed by atoms with van der Waals surface area (Å²) in [6.45, 7) is 0.352. The zero-order valence-electron chi connectivity index (χ0n) is 11.7. The van der Waals surface area contributed by atoms with E-state index in [0.29, 0.717) is 11.0 Å². The molecule has 0 saturated carbocycles. The van der Waals surface area contributed by atoms with Crippen LogP contribution in [0.1, 0.15) is 15.9 Å². The number of nitrogens with zero attached hydrogens (tertiary/aromatic N) is 2. The van der Waals surface area contributed by atoms with Gasteiger partial charge in [-0.2, -0.15) is 0 Å². The van der Waals surface area contributed by atoms with Gasteiger partial charge in [0.25, 0.3) is 5.91 Å². The van der Waals surface area contributed by atoms with Gasteiger partial charge in [-0.1, -0.05) is 0 Å². The molecule has 1 heterocycles. The molecule has 21 heavy (non-hydrogen) atoms. The summed E-state index contributed by atoms with van der Waals surface area (Å²) in [5, 5.41) is 2.77. The molecule has 1 aromatic carbocycles. The first kappa shape index (κ1) is 15.4. The molecule has 0 aliphatic rings. The third-order valence-corrected chi connectivity index (χ3v) is 3.59. The second-order valence-corrected chi connectivity index (χ2v) is 5.58. The van der Waals surface area contributed by atoms with Gasteiger partial charge in [0, 0.05) is 31.3 Å². The van der Waals surface area contributed by atoms with Crippen LogP contribution in [0, 0.1) is 5.82 Å². The van der Waals surface area contributed by atoms with Crippen LogP contribution in [0.5, 0.6) is 0 Å². The lowest BCUT2D eigenvalue weighted by Gasteiger charge is -2.12. The van der Waals surface area contributed by atoms with Gasteiger partial charge >= 0.3 is 0 Å². The van der Waals surface area contributed by atoms with Crippen molar-refractivity contribution < 1.29 is 9.18 Å². The second kappa shape index (κ2) is 6.67. The third-order valence-electron chi connectivity index (χ3n) is 2.89. The summed E-state index contributed by atoms with van der Waals surface area (Å²) in [4.78, 5) is 18.2. The Hall–Kier alpha value is -1.95. The minimum Gasteiger partial charge on any atom is -0.363 e. The average Bonchev–Trinajstić information content (AvgIpc) is 2.47. The molecule has 2 aromatic rings. The average molecular weight is 352 g/mol. The highest BCUT2D eigenvalue weighted by Gasteiger charge is 2.11. The van der Waals surface area contributed by atoms with Gasteiger partial charge in [-0.3, -0.25) is 4.79 Å². The van der Waals surface area contributed by atoms with Crippen LogP contribution < -0.4 is 10.2 Å².